The minimum absolute atomic E-state index is 0.441. The van der Waals surface area contributed by atoms with Gasteiger partial charge in [-0.25, -0.2) is 15.0 Å². The van der Waals surface area contributed by atoms with Crippen LogP contribution in [0.3, 0.4) is 0 Å². The van der Waals surface area contributed by atoms with Crippen LogP contribution in [-0.2, 0) is 5.41 Å². The topological polar surface area (TPSA) is 62.5 Å². The van der Waals surface area contributed by atoms with Crippen molar-refractivity contribution in [2.24, 2.45) is 0 Å². The molecule has 4 heteroatoms. The summed E-state index contributed by atoms with van der Waals surface area (Å²) < 4.78 is 0. The molecule has 1 aromatic heterocycles. The Hall–Kier alpha value is -7.74. The van der Waals surface area contributed by atoms with Crippen molar-refractivity contribution in [2.45, 2.75) is 5.41 Å². The molecule has 8 aromatic carbocycles. The highest BCUT2D eigenvalue weighted by atomic mass is 15.0. The van der Waals surface area contributed by atoms with Gasteiger partial charge in [-0.05, 0) is 103 Å². The van der Waals surface area contributed by atoms with Crippen molar-refractivity contribution in [3.05, 3.63) is 222 Å². The van der Waals surface area contributed by atoms with E-state index in [0.29, 0.717) is 23.0 Å². The van der Waals surface area contributed by atoms with Crippen molar-refractivity contribution in [3.8, 4) is 84.7 Å². The summed E-state index contributed by atoms with van der Waals surface area (Å²) in [6.45, 7) is 0. The molecular weight excluding hydrogens is 693 g/mol. The molecule has 0 saturated heterocycles. The molecule has 4 nitrogen and oxygen atoms in total. The molecule has 11 rings (SSSR count). The fourth-order valence-corrected chi connectivity index (χ4v) is 9.08. The number of hydrogen-bond acceptors (Lipinski definition) is 4. The molecule has 2 aliphatic rings. The van der Waals surface area contributed by atoms with Crippen LogP contribution in [-0.4, -0.2) is 15.0 Å². The van der Waals surface area contributed by atoms with Gasteiger partial charge in [0.25, 0.3) is 0 Å². The van der Waals surface area contributed by atoms with Crippen molar-refractivity contribution in [1.29, 1.82) is 5.26 Å². The fraction of sp³-hybridized carbons (Fsp3) is 0.0189. The molecule has 0 amide bonds. The SMILES string of the molecule is N#Cc1ccc(-c2nc(-c3ccccc3)nc(-c3ccc(-c4cc5c(cc4-c4ccccc4)-c4ccccc4C54c5ccccc5-c5ccccc54)cc3)n2)cc1. The lowest BCUT2D eigenvalue weighted by Gasteiger charge is -2.31. The predicted octanol–water partition coefficient (Wildman–Crippen LogP) is 12.4. The summed E-state index contributed by atoms with van der Waals surface area (Å²) in [6.07, 6.45) is 0. The molecule has 0 aliphatic heterocycles. The van der Waals surface area contributed by atoms with Crippen LogP contribution in [0.5, 0.6) is 0 Å². The average Bonchev–Trinajstić information content (AvgIpc) is 3.76. The van der Waals surface area contributed by atoms with Crippen LogP contribution in [0.15, 0.2) is 194 Å². The first-order valence-electron chi connectivity index (χ1n) is 19.2. The van der Waals surface area contributed by atoms with Crippen molar-refractivity contribution >= 4 is 0 Å². The summed E-state index contributed by atoms with van der Waals surface area (Å²) in [5.74, 6) is 1.73. The average molecular weight is 725 g/mol. The van der Waals surface area contributed by atoms with E-state index in [1.54, 1.807) is 12.1 Å². The van der Waals surface area contributed by atoms with Crippen LogP contribution >= 0.6 is 0 Å². The fourth-order valence-electron chi connectivity index (χ4n) is 9.08. The molecule has 1 heterocycles. The Bertz CT molecular complexity index is 3010. The van der Waals surface area contributed by atoms with Gasteiger partial charge < -0.3 is 0 Å². The summed E-state index contributed by atoms with van der Waals surface area (Å²) in [6, 6.07) is 70.6. The largest absolute Gasteiger partial charge is 0.208 e. The monoisotopic (exact) mass is 724 g/mol. The second-order valence-corrected chi connectivity index (χ2v) is 14.6. The van der Waals surface area contributed by atoms with Crippen LogP contribution in [0.1, 0.15) is 27.8 Å². The van der Waals surface area contributed by atoms with E-state index in [0.717, 1.165) is 22.3 Å². The van der Waals surface area contributed by atoms with Gasteiger partial charge in [0.2, 0.25) is 0 Å². The predicted molar refractivity (Wildman–Crippen MR) is 228 cm³/mol. The normalized spacial score (nSPS) is 12.7. The summed E-state index contributed by atoms with van der Waals surface area (Å²) in [5, 5.41) is 9.40. The van der Waals surface area contributed by atoms with Gasteiger partial charge in [-0.2, -0.15) is 5.26 Å². The lowest BCUT2D eigenvalue weighted by atomic mass is 9.70. The molecule has 0 bridgehead atoms. The van der Waals surface area contributed by atoms with Gasteiger partial charge in [-0.15, -0.1) is 0 Å². The van der Waals surface area contributed by atoms with Crippen LogP contribution in [0.4, 0.5) is 0 Å². The van der Waals surface area contributed by atoms with E-state index in [-0.39, 0.29) is 0 Å². The molecule has 0 saturated carbocycles. The Morgan fingerprint density at radius 1 is 0.316 bits per heavy atom. The Balaban J connectivity index is 1.11. The molecule has 0 atom stereocenters. The molecule has 0 fully saturated rings. The number of nitriles is 1. The third kappa shape index (κ3) is 5.03. The van der Waals surface area contributed by atoms with E-state index in [9.17, 15) is 5.26 Å². The first kappa shape index (κ1) is 32.7. The van der Waals surface area contributed by atoms with E-state index in [2.05, 4.69) is 146 Å². The number of rotatable bonds is 5. The van der Waals surface area contributed by atoms with E-state index in [1.807, 2.05) is 42.5 Å². The summed E-state index contributed by atoms with van der Waals surface area (Å²) in [5.41, 5.74) is 17.8. The highest BCUT2D eigenvalue weighted by Crippen LogP contribution is 2.63. The van der Waals surface area contributed by atoms with E-state index in [4.69, 9.17) is 15.0 Å². The Labute approximate surface area is 331 Å². The zero-order chi connectivity index (χ0) is 37.9. The maximum absolute atomic E-state index is 9.40. The van der Waals surface area contributed by atoms with Gasteiger partial charge in [0.1, 0.15) is 0 Å². The van der Waals surface area contributed by atoms with Gasteiger partial charge in [0.15, 0.2) is 17.5 Å². The van der Waals surface area contributed by atoms with E-state index < -0.39 is 5.41 Å². The second-order valence-electron chi connectivity index (χ2n) is 14.6. The van der Waals surface area contributed by atoms with Crippen molar-refractivity contribution < 1.29 is 0 Å². The van der Waals surface area contributed by atoms with Gasteiger partial charge in [0.05, 0.1) is 17.0 Å². The molecule has 0 N–H and O–H groups in total. The Morgan fingerprint density at radius 2 is 0.684 bits per heavy atom. The summed E-state index contributed by atoms with van der Waals surface area (Å²) >= 11 is 0. The zero-order valence-electron chi connectivity index (χ0n) is 30.8. The highest BCUT2D eigenvalue weighted by Gasteiger charge is 2.51. The number of hydrogen-bond donors (Lipinski definition) is 0. The highest BCUT2D eigenvalue weighted by molar-refractivity contribution is 5.99. The van der Waals surface area contributed by atoms with Gasteiger partial charge in [-0.3, -0.25) is 0 Å². The van der Waals surface area contributed by atoms with E-state index >= 15 is 0 Å². The molecule has 57 heavy (non-hydrogen) atoms. The number of benzene rings is 8. The Morgan fingerprint density at radius 3 is 1.19 bits per heavy atom. The minimum Gasteiger partial charge on any atom is -0.208 e. The zero-order valence-corrected chi connectivity index (χ0v) is 30.8. The summed E-state index contributed by atoms with van der Waals surface area (Å²) in [7, 11) is 0. The maximum Gasteiger partial charge on any atom is 0.164 e. The van der Waals surface area contributed by atoms with Crippen molar-refractivity contribution in [2.75, 3.05) is 0 Å². The van der Waals surface area contributed by atoms with Gasteiger partial charge in [0, 0.05) is 16.7 Å². The first-order valence-corrected chi connectivity index (χ1v) is 19.2. The Kier molecular flexibility index (Phi) is 7.42. The number of aromatic nitrogens is 3. The standard InChI is InChI=1S/C53H32N4/c54-33-34-23-25-38(26-24-34)51-55-50(37-15-5-2-6-16-37)56-52(57-51)39-29-27-36(28-30-39)44-32-49-45(31-43(44)35-13-3-1-4-14-35)42-19-9-12-22-48(42)53(49)46-20-10-7-17-40(46)41-18-8-11-21-47(41)53/h1-32H. The molecule has 264 valence electrons. The molecule has 1 spiro atoms. The quantitative estimate of drug-likeness (QED) is 0.177. The minimum atomic E-state index is -0.441. The third-order valence-electron chi connectivity index (χ3n) is 11.6. The number of nitrogens with zero attached hydrogens (tertiary/aromatic N) is 4. The smallest absolute Gasteiger partial charge is 0.164 e. The third-order valence-corrected chi connectivity index (χ3v) is 11.6. The molecular formula is C53H32N4. The van der Waals surface area contributed by atoms with Crippen LogP contribution in [0.25, 0.3) is 78.7 Å². The molecule has 2 aliphatic carbocycles. The lowest BCUT2D eigenvalue weighted by molar-refractivity contribution is 0.794. The van der Waals surface area contributed by atoms with Crippen molar-refractivity contribution in [3.63, 3.8) is 0 Å². The van der Waals surface area contributed by atoms with E-state index in [1.165, 1.54) is 61.2 Å². The molecule has 9 aromatic rings. The first-order chi connectivity index (χ1) is 28.2. The van der Waals surface area contributed by atoms with Crippen molar-refractivity contribution in [1.82, 2.24) is 15.0 Å². The maximum atomic E-state index is 9.40. The van der Waals surface area contributed by atoms with Crippen LogP contribution < -0.4 is 0 Å². The van der Waals surface area contributed by atoms with Crippen LogP contribution in [0.2, 0.25) is 0 Å². The summed E-state index contributed by atoms with van der Waals surface area (Å²) in [4.78, 5) is 14.8. The molecule has 0 radical (unpaired) electrons. The van der Waals surface area contributed by atoms with Gasteiger partial charge in [-0.1, -0.05) is 158 Å². The molecule has 0 unspecified atom stereocenters. The lowest BCUT2D eigenvalue weighted by Crippen LogP contribution is -2.25. The number of fused-ring (bicyclic) bond motifs is 10. The van der Waals surface area contributed by atoms with Gasteiger partial charge >= 0.3 is 0 Å². The second kappa shape index (κ2) is 12.9. The van der Waals surface area contributed by atoms with Crippen LogP contribution in [0, 0.1) is 11.3 Å².